The van der Waals surface area contributed by atoms with Gasteiger partial charge in [-0.05, 0) is 12.8 Å². The highest BCUT2D eigenvalue weighted by Gasteiger charge is 2.02. The summed E-state index contributed by atoms with van der Waals surface area (Å²) < 4.78 is 60.1. The Labute approximate surface area is 298 Å². The molecule has 0 radical (unpaired) electrons. The second-order valence-corrected chi connectivity index (χ2v) is 11.6. The zero-order valence-corrected chi connectivity index (χ0v) is 31.4. The molecule has 0 unspecified atom stereocenters. The molecule has 0 rings (SSSR count). The van der Waals surface area contributed by atoms with Crippen molar-refractivity contribution in [2.75, 3.05) is 139 Å². The Kier molecular flexibility index (Phi) is 44.2. The van der Waals surface area contributed by atoms with Crippen LogP contribution in [0.3, 0.4) is 0 Å². The smallest absolute Gasteiger partial charge is 0.305 e. The summed E-state index contributed by atoms with van der Waals surface area (Å²) >= 11 is 0. The number of hydrogen-bond donors (Lipinski definition) is 0. The zero-order chi connectivity index (χ0) is 35.4. The summed E-state index contributed by atoms with van der Waals surface area (Å²) in [5, 5.41) is 0. The normalized spacial score (nSPS) is 11.5. The number of unbranched alkanes of at least 4 members (excludes halogenated alkanes) is 10. The van der Waals surface area contributed by atoms with Crippen molar-refractivity contribution in [1.82, 2.24) is 0 Å². The van der Waals surface area contributed by atoms with Gasteiger partial charge in [-0.1, -0.05) is 78.1 Å². The number of hydrogen-bond acceptors (Lipinski definition) is 12. The van der Waals surface area contributed by atoms with Crippen LogP contribution in [-0.4, -0.2) is 145 Å². The molecule has 0 N–H and O–H groups in total. The molecule has 49 heavy (non-hydrogen) atoms. The molecule has 0 aromatic heterocycles. The fourth-order valence-electron chi connectivity index (χ4n) is 4.40. The van der Waals surface area contributed by atoms with Crippen LogP contribution in [0.5, 0.6) is 0 Å². The molecule has 294 valence electrons. The van der Waals surface area contributed by atoms with Gasteiger partial charge in [-0.15, -0.1) is 0 Å². The van der Waals surface area contributed by atoms with E-state index in [-0.39, 0.29) is 12.6 Å². The maximum Gasteiger partial charge on any atom is 0.305 e. The average Bonchev–Trinajstić information content (AvgIpc) is 3.11. The van der Waals surface area contributed by atoms with Gasteiger partial charge in [0, 0.05) is 13.0 Å². The Morgan fingerprint density at radius 3 is 0.857 bits per heavy atom. The van der Waals surface area contributed by atoms with Gasteiger partial charge in [0.2, 0.25) is 0 Å². The predicted octanol–water partition coefficient (Wildman–Crippen LogP) is 5.81. The molecule has 0 fully saturated rings. The summed E-state index contributed by atoms with van der Waals surface area (Å²) in [6, 6.07) is 0. The van der Waals surface area contributed by atoms with Crippen molar-refractivity contribution in [1.29, 1.82) is 0 Å². The Morgan fingerprint density at radius 2 is 0.531 bits per heavy atom. The summed E-state index contributed by atoms with van der Waals surface area (Å²) in [6.45, 7) is 15.4. The third-order valence-corrected chi connectivity index (χ3v) is 7.22. The van der Waals surface area contributed by atoms with Gasteiger partial charge in [0.05, 0.1) is 126 Å². The van der Waals surface area contributed by atoms with Crippen LogP contribution in [0, 0.1) is 0 Å². The minimum absolute atomic E-state index is 0.149. The number of ether oxygens (including phenoxy) is 11. The van der Waals surface area contributed by atoms with E-state index >= 15 is 0 Å². The van der Waals surface area contributed by atoms with Gasteiger partial charge in [0.15, 0.2) is 0 Å². The standard InChI is InChI=1S/C37H74O12/c1-3-5-7-9-10-11-12-14-16-39-17-18-40-19-20-41-21-22-42-23-24-43-25-26-44-27-28-45-29-30-46-31-32-47-33-34-48-35-36-49-37(38)15-13-8-6-4-2/h3-36H2,1-2H3. The van der Waals surface area contributed by atoms with E-state index in [0.717, 1.165) is 38.7 Å². The van der Waals surface area contributed by atoms with E-state index in [1.54, 1.807) is 0 Å². The van der Waals surface area contributed by atoms with Crippen LogP contribution in [0.2, 0.25) is 0 Å². The number of esters is 1. The van der Waals surface area contributed by atoms with Gasteiger partial charge in [-0.2, -0.15) is 0 Å². The first-order valence-corrected chi connectivity index (χ1v) is 19.2. The number of carbonyl (C=O) groups excluding carboxylic acids is 1. The van der Waals surface area contributed by atoms with Crippen molar-refractivity contribution < 1.29 is 56.9 Å². The van der Waals surface area contributed by atoms with Crippen molar-refractivity contribution >= 4 is 5.97 Å². The maximum absolute atomic E-state index is 11.6. The van der Waals surface area contributed by atoms with Crippen LogP contribution < -0.4 is 0 Å². The Hall–Kier alpha value is -0.930. The van der Waals surface area contributed by atoms with Crippen LogP contribution >= 0.6 is 0 Å². The topological polar surface area (TPSA) is 119 Å². The first-order valence-electron chi connectivity index (χ1n) is 19.2. The van der Waals surface area contributed by atoms with Gasteiger partial charge in [-0.25, -0.2) is 0 Å². The summed E-state index contributed by atoms with van der Waals surface area (Å²) in [5.41, 5.74) is 0. The molecule has 0 aromatic rings. The molecule has 0 atom stereocenters. The summed E-state index contributed by atoms with van der Waals surface area (Å²) in [7, 11) is 0. The molecule has 0 spiro atoms. The Bertz CT molecular complexity index is 614. The molecule has 0 aliphatic carbocycles. The molecule has 0 saturated heterocycles. The van der Waals surface area contributed by atoms with Crippen molar-refractivity contribution in [3.8, 4) is 0 Å². The van der Waals surface area contributed by atoms with Crippen molar-refractivity contribution in [2.24, 2.45) is 0 Å². The first-order chi connectivity index (χ1) is 24.3. The Balaban J connectivity index is 3.08. The van der Waals surface area contributed by atoms with E-state index < -0.39 is 0 Å². The van der Waals surface area contributed by atoms with Crippen LogP contribution in [0.15, 0.2) is 0 Å². The van der Waals surface area contributed by atoms with Crippen LogP contribution in [0.4, 0.5) is 0 Å². The Morgan fingerprint density at radius 1 is 0.286 bits per heavy atom. The van der Waals surface area contributed by atoms with Gasteiger partial charge < -0.3 is 52.1 Å². The fraction of sp³-hybridized carbons (Fsp3) is 0.973. The van der Waals surface area contributed by atoms with E-state index in [2.05, 4.69) is 13.8 Å². The lowest BCUT2D eigenvalue weighted by atomic mass is 10.1. The molecule has 0 amide bonds. The predicted molar refractivity (Wildman–Crippen MR) is 191 cm³/mol. The summed E-state index contributed by atoms with van der Waals surface area (Å²) in [6.07, 6.45) is 15.3. The van der Waals surface area contributed by atoms with Crippen molar-refractivity contribution in [3.63, 3.8) is 0 Å². The van der Waals surface area contributed by atoms with E-state index in [1.165, 1.54) is 44.9 Å². The van der Waals surface area contributed by atoms with Crippen molar-refractivity contribution in [2.45, 2.75) is 97.3 Å². The lowest BCUT2D eigenvalue weighted by molar-refractivity contribution is -0.145. The molecule has 0 aliphatic rings. The van der Waals surface area contributed by atoms with E-state index in [1.807, 2.05) is 0 Å². The highest BCUT2D eigenvalue weighted by molar-refractivity contribution is 5.69. The van der Waals surface area contributed by atoms with Gasteiger partial charge in [0.1, 0.15) is 6.61 Å². The molecule has 0 aromatic carbocycles. The second-order valence-electron chi connectivity index (χ2n) is 11.6. The maximum atomic E-state index is 11.6. The molecular formula is C37H74O12. The van der Waals surface area contributed by atoms with Crippen LogP contribution in [0.25, 0.3) is 0 Å². The minimum atomic E-state index is -0.149. The number of carbonyl (C=O) groups is 1. The SMILES string of the molecule is CCCCCCCCCCOCCOCCOCCOCCOCCOCCOCCOCCOCCOCCOC(=O)CCCCCC. The first kappa shape index (κ1) is 48.1. The van der Waals surface area contributed by atoms with Gasteiger partial charge >= 0.3 is 5.97 Å². The second kappa shape index (κ2) is 45.1. The number of rotatable bonds is 44. The largest absolute Gasteiger partial charge is 0.463 e. The molecule has 0 aliphatic heterocycles. The van der Waals surface area contributed by atoms with E-state index in [0.29, 0.717) is 132 Å². The molecule has 0 saturated carbocycles. The van der Waals surface area contributed by atoms with E-state index in [4.69, 9.17) is 52.1 Å². The van der Waals surface area contributed by atoms with Crippen LogP contribution in [-0.2, 0) is 56.9 Å². The van der Waals surface area contributed by atoms with Gasteiger partial charge in [-0.3, -0.25) is 4.79 Å². The fourth-order valence-corrected chi connectivity index (χ4v) is 4.40. The summed E-state index contributed by atoms with van der Waals surface area (Å²) in [5.74, 6) is -0.149. The minimum Gasteiger partial charge on any atom is -0.463 e. The summed E-state index contributed by atoms with van der Waals surface area (Å²) in [4.78, 5) is 11.6. The van der Waals surface area contributed by atoms with Crippen molar-refractivity contribution in [3.05, 3.63) is 0 Å². The lowest BCUT2D eigenvalue weighted by Gasteiger charge is -2.09. The average molecular weight is 711 g/mol. The molecule has 0 bridgehead atoms. The highest BCUT2D eigenvalue weighted by Crippen LogP contribution is 2.08. The highest BCUT2D eigenvalue weighted by atomic mass is 16.6. The third-order valence-electron chi connectivity index (χ3n) is 7.22. The van der Waals surface area contributed by atoms with E-state index in [9.17, 15) is 4.79 Å². The molecule has 12 heteroatoms. The quantitative estimate of drug-likeness (QED) is 0.0561. The zero-order valence-electron chi connectivity index (χ0n) is 31.4. The van der Waals surface area contributed by atoms with Gasteiger partial charge in [0.25, 0.3) is 0 Å². The molecule has 12 nitrogen and oxygen atoms in total. The van der Waals surface area contributed by atoms with Crippen LogP contribution in [0.1, 0.15) is 97.3 Å². The third kappa shape index (κ3) is 45.0. The molecular weight excluding hydrogens is 636 g/mol. The molecule has 0 heterocycles. The monoisotopic (exact) mass is 711 g/mol. The lowest BCUT2D eigenvalue weighted by Crippen LogP contribution is -2.15.